The van der Waals surface area contributed by atoms with Crippen molar-refractivity contribution < 1.29 is 34.0 Å². The van der Waals surface area contributed by atoms with Crippen LogP contribution in [0.15, 0.2) is 51.6 Å². The van der Waals surface area contributed by atoms with E-state index in [1.54, 1.807) is 0 Å². The first-order chi connectivity index (χ1) is 24.1. The Kier molecular flexibility index (Phi) is 9.95. The van der Waals surface area contributed by atoms with Crippen molar-refractivity contribution in [3.05, 3.63) is 46.6 Å². The third-order valence-electron chi connectivity index (χ3n) is 14.3. The molecule has 6 heterocycles. The van der Waals surface area contributed by atoms with Gasteiger partial charge in [-0.2, -0.15) is 0 Å². The summed E-state index contributed by atoms with van der Waals surface area (Å²) in [7, 11) is 0. The summed E-state index contributed by atoms with van der Waals surface area (Å²) in [4.78, 5) is 18.0. The molecule has 3 saturated heterocycles. The third-order valence-corrected chi connectivity index (χ3v) is 14.3. The molecule has 51 heavy (non-hydrogen) atoms. The number of carbonyl (C=O) groups excluding carboxylic acids is 1. The van der Waals surface area contributed by atoms with Crippen LogP contribution in [-0.2, 0) is 23.7 Å². The van der Waals surface area contributed by atoms with Crippen molar-refractivity contribution in [3.8, 4) is 0 Å². The number of aliphatic hydroxyl groups is 2. The number of allylic oxidation sites excluding steroid dienone is 2. The molecule has 4 bridgehead atoms. The molecule has 0 radical (unpaired) electrons. The molecule has 0 aromatic rings. The van der Waals surface area contributed by atoms with Gasteiger partial charge in [-0.25, -0.2) is 4.79 Å². The van der Waals surface area contributed by atoms with Crippen LogP contribution >= 0.6 is 0 Å². The SMILES string of the molecule is C=C1CCCC2=NC[C@H](C)[C@H](C)CC23CCC(C2C=C(C)C(=O)O2)=C(C)C3/C=C(\C)C(O)CC2OC3(CCC4(OC(CCC4(C)O)C1)O3)C[C@H]2C. The Hall–Kier alpha value is -2.10. The van der Waals surface area contributed by atoms with Crippen LogP contribution in [0.1, 0.15) is 132 Å². The first-order valence-corrected chi connectivity index (χ1v) is 20.0. The molecule has 0 aromatic heterocycles. The van der Waals surface area contributed by atoms with E-state index in [9.17, 15) is 15.0 Å². The van der Waals surface area contributed by atoms with Crippen LogP contribution in [0.3, 0.4) is 0 Å². The summed E-state index contributed by atoms with van der Waals surface area (Å²) in [6.07, 6.45) is 13.1. The summed E-state index contributed by atoms with van der Waals surface area (Å²) in [5.41, 5.74) is 5.19. The maximum absolute atomic E-state index is 12.5. The van der Waals surface area contributed by atoms with E-state index in [-0.39, 0.29) is 41.5 Å². The zero-order valence-corrected chi connectivity index (χ0v) is 32.3. The zero-order valence-electron chi connectivity index (χ0n) is 32.3. The van der Waals surface area contributed by atoms with Crippen LogP contribution in [-0.4, -0.2) is 70.0 Å². The molecule has 0 aromatic carbocycles. The van der Waals surface area contributed by atoms with Gasteiger partial charge in [0.15, 0.2) is 5.79 Å². The lowest BCUT2D eigenvalue weighted by Crippen LogP contribution is -2.60. The Labute approximate surface area is 305 Å². The van der Waals surface area contributed by atoms with Gasteiger partial charge in [-0.1, -0.05) is 44.6 Å². The van der Waals surface area contributed by atoms with Gasteiger partial charge in [0.05, 0.1) is 18.3 Å². The fourth-order valence-electron chi connectivity index (χ4n) is 10.8. The lowest BCUT2D eigenvalue weighted by Gasteiger charge is -2.49. The smallest absolute Gasteiger partial charge is 0.334 e. The van der Waals surface area contributed by atoms with E-state index in [0.29, 0.717) is 49.5 Å². The molecule has 1 aliphatic carbocycles. The second-order valence-corrected chi connectivity index (χ2v) is 18.1. The van der Waals surface area contributed by atoms with Crippen molar-refractivity contribution in [3.63, 3.8) is 0 Å². The first kappa shape index (κ1) is 37.2. The highest BCUT2D eigenvalue weighted by molar-refractivity contribution is 5.92. The number of cyclic esters (lactones) is 1. The monoisotopic (exact) mass is 705 g/mol. The third kappa shape index (κ3) is 6.68. The Bertz CT molecular complexity index is 1540. The normalized spacial score (nSPS) is 47.8. The topological polar surface area (TPSA) is 107 Å². The van der Waals surface area contributed by atoms with E-state index >= 15 is 0 Å². The van der Waals surface area contributed by atoms with Crippen molar-refractivity contribution >= 4 is 11.7 Å². The van der Waals surface area contributed by atoms with Gasteiger partial charge in [-0.05, 0) is 120 Å². The highest BCUT2D eigenvalue weighted by Crippen LogP contribution is 2.57. The van der Waals surface area contributed by atoms with Crippen molar-refractivity contribution in [2.75, 3.05) is 6.54 Å². The second kappa shape index (κ2) is 13.6. The molecule has 0 saturated carbocycles. The Morgan fingerprint density at radius 3 is 2.47 bits per heavy atom. The molecule has 9 unspecified atom stereocenters. The van der Waals surface area contributed by atoms with Crippen LogP contribution in [0.25, 0.3) is 0 Å². The maximum atomic E-state index is 12.5. The molecule has 8 nitrogen and oxygen atoms in total. The predicted molar refractivity (Wildman–Crippen MR) is 198 cm³/mol. The van der Waals surface area contributed by atoms with E-state index < -0.39 is 23.3 Å². The molecular formula is C43H63NO7. The van der Waals surface area contributed by atoms with Crippen molar-refractivity contribution in [2.45, 2.75) is 174 Å². The number of aliphatic hydroxyl groups excluding tert-OH is 1. The number of aliphatic imine (C=N–C) groups is 1. The van der Waals surface area contributed by atoms with Gasteiger partial charge < -0.3 is 29.2 Å². The van der Waals surface area contributed by atoms with E-state index in [4.69, 9.17) is 23.9 Å². The van der Waals surface area contributed by atoms with Gasteiger partial charge in [0.25, 0.3) is 0 Å². The van der Waals surface area contributed by atoms with Crippen LogP contribution in [0, 0.1) is 29.1 Å². The van der Waals surface area contributed by atoms with Gasteiger partial charge >= 0.3 is 5.97 Å². The van der Waals surface area contributed by atoms with Gasteiger partial charge in [0.1, 0.15) is 11.7 Å². The Balaban J connectivity index is 1.28. The van der Waals surface area contributed by atoms with Gasteiger partial charge in [-0.3, -0.25) is 4.99 Å². The van der Waals surface area contributed by atoms with E-state index in [1.165, 1.54) is 22.4 Å². The number of ether oxygens (including phenoxy) is 4. The van der Waals surface area contributed by atoms with E-state index in [0.717, 1.165) is 63.5 Å². The molecule has 8 heteroatoms. The number of fused-ring (bicyclic) bond motifs is 2. The number of hydrogen-bond acceptors (Lipinski definition) is 8. The molecule has 12 atom stereocenters. The van der Waals surface area contributed by atoms with Crippen molar-refractivity contribution in [1.29, 1.82) is 0 Å². The van der Waals surface area contributed by atoms with Gasteiger partial charge in [-0.15, -0.1) is 0 Å². The van der Waals surface area contributed by atoms with E-state index in [1.807, 2.05) is 19.9 Å². The molecule has 2 N–H and O–H groups in total. The van der Waals surface area contributed by atoms with Crippen LogP contribution in [0.5, 0.6) is 0 Å². The summed E-state index contributed by atoms with van der Waals surface area (Å²) in [5.74, 6) is -1.04. The van der Waals surface area contributed by atoms with Crippen molar-refractivity contribution in [1.82, 2.24) is 0 Å². The minimum atomic E-state index is -1.12. The minimum Gasteiger partial charge on any atom is -0.450 e. The fraction of sp³-hybridized carbons (Fsp3) is 0.767. The first-order valence-electron chi connectivity index (χ1n) is 20.0. The summed E-state index contributed by atoms with van der Waals surface area (Å²) < 4.78 is 26.3. The molecule has 7 rings (SSSR count). The summed E-state index contributed by atoms with van der Waals surface area (Å²) in [6.45, 7) is 20.2. The lowest BCUT2D eigenvalue weighted by molar-refractivity contribution is -0.387. The average Bonchev–Trinajstić information content (AvgIpc) is 3.67. The van der Waals surface area contributed by atoms with Crippen LogP contribution in [0.4, 0.5) is 0 Å². The number of nitrogens with zero attached hydrogens (tertiary/aromatic N) is 1. The fourth-order valence-corrected chi connectivity index (χ4v) is 10.8. The van der Waals surface area contributed by atoms with Gasteiger partial charge in [0, 0.05) is 54.8 Å². The number of esters is 1. The number of hydrogen-bond donors (Lipinski definition) is 2. The number of rotatable bonds is 1. The highest BCUT2D eigenvalue weighted by Gasteiger charge is 2.64. The maximum Gasteiger partial charge on any atom is 0.334 e. The molecule has 7 aliphatic rings. The van der Waals surface area contributed by atoms with E-state index in [2.05, 4.69) is 47.3 Å². The van der Waals surface area contributed by atoms with Gasteiger partial charge in [0.2, 0.25) is 5.79 Å². The molecule has 6 aliphatic heterocycles. The lowest BCUT2D eigenvalue weighted by atomic mass is 9.56. The molecule has 3 fully saturated rings. The largest absolute Gasteiger partial charge is 0.450 e. The minimum absolute atomic E-state index is 0.0156. The molecule has 0 amide bonds. The summed E-state index contributed by atoms with van der Waals surface area (Å²) >= 11 is 0. The van der Waals surface area contributed by atoms with Crippen LogP contribution < -0.4 is 0 Å². The zero-order chi connectivity index (χ0) is 36.5. The summed E-state index contributed by atoms with van der Waals surface area (Å²) in [5, 5.41) is 23.6. The van der Waals surface area contributed by atoms with Crippen molar-refractivity contribution in [2.24, 2.45) is 34.1 Å². The average molecular weight is 706 g/mol. The Morgan fingerprint density at radius 2 is 1.73 bits per heavy atom. The summed E-state index contributed by atoms with van der Waals surface area (Å²) in [6, 6.07) is 0. The Morgan fingerprint density at radius 1 is 0.941 bits per heavy atom. The second-order valence-electron chi connectivity index (χ2n) is 18.1. The molecule has 3 spiro atoms. The number of carbonyl (C=O) groups is 1. The standard InChI is InChI=1S/C43H63NO7/c1-25-10-9-11-38-41(22-28(4)30(6)24-44-38)15-13-33(37-20-27(3)39(46)48-37)31(7)34(41)19-26(2)35(45)21-36-29(5)23-42(50-36)16-17-43(51-42)40(8,47)14-12-32(18-25)49-43/h19-20,28-30,32,34-37,45,47H,1,9-18,21-24H2,2-8H3/b26-19+/t28-,29-,30+,32?,34?,35?,36?,37?,40?,41?,42?,43?/m1/s1. The molecule has 282 valence electrons. The predicted octanol–water partition coefficient (Wildman–Crippen LogP) is 8.07. The molecular weight excluding hydrogens is 642 g/mol. The highest BCUT2D eigenvalue weighted by atomic mass is 16.8. The van der Waals surface area contributed by atoms with Crippen LogP contribution in [0.2, 0.25) is 0 Å². The quantitative estimate of drug-likeness (QED) is 0.210.